The molecule has 0 bridgehead atoms. The number of pyridine rings is 1. The minimum atomic E-state index is 0.0601. The normalized spacial score (nSPS) is 22.4. The second-order valence-electron chi connectivity index (χ2n) is 11.1. The van der Waals surface area contributed by atoms with E-state index in [4.69, 9.17) is 4.99 Å². The van der Waals surface area contributed by atoms with E-state index in [9.17, 15) is 4.79 Å². The summed E-state index contributed by atoms with van der Waals surface area (Å²) >= 11 is 1.84. The van der Waals surface area contributed by atoms with Crippen LogP contribution in [0.3, 0.4) is 0 Å². The second kappa shape index (κ2) is 10.1. The Bertz CT molecular complexity index is 1390. The largest absolute Gasteiger partial charge is 0.338 e. The van der Waals surface area contributed by atoms with Crippen molar-refractivity contribution < 1.29 is 4.79 Å². The summed E-state index contributed by atoms with van der Waals surface area (Å²) in [5.74, 6) is 0.313. The average molecular weight is 513 g/mol. The third-order valence-corrected chi connectivity index (χ3v) is 9.68. The van der Waals surface area contributed by atoms with Crippen LogP contribution in [-0.2, 0) is 11.3 Å². The third-order valence-electron chi connectivity index (χ3n) is 8.67. The first-order valence-corrected chi connectivity index (χ1v) is 14.6. The molecule has 0 spiro atoms. The molecule has 1 saturated heterocycles. The maximum atomic E-state index is 13.8. The van der Waals surface area contributed by atoms with Crippen molar-refractivity contribution in [2.75, 3.05) is 32.7 Å². The molecule has 1 aromatic carbocycles. The molecule has 5 nitrogen and oxygen atoms in total. The Hall–Kier alpha value is -2.83. The van der Waals surface area contributed by atoms with Crippen molar-refractivity contribution in [2.24, 2.45) is 10.4 Å². The van der Waals surface area contributed by atoms with E-state index < -0.39 is 0 Å². The minimum absolute atomic E-state index is 0.0601. The first-order chi connectivity index (χ1) is 18.0. The minimum Gasteiger partial charge on any atom is -0.338 e. The van der Waals surface area contributed by atoms with Gasteiger partial charge in [-0.3, -0.25) is 19.7 Å². The van der Waals surface area contributed by atoms with Crippen LogP contribution in [-0.4, -0.2) is 59.1 Å². The maximum Gasteiger partial charge on any atom is 0.223 e. The molecule has 6 heteroatoms. The zero-order chi connectivity index (χ0) is 25.4. The number of rotatable bonds is 6. The lowest BCUT2D eigenvalue weighted by atomic mass is 9.74. The lowest BCUT2D eigenvalue weighted by Crippen LogP contribution is -2.47. The number of fused-ring (bicyclic) bond motifs is 1. The molecule has 3 aliphatic heterocycles. The van der Waals surface area contributed by atoms with E-state index >= 15 is 0 Å². The Morgan fingerprint density at radius 2 is 2.08 bits per heavy atom. The van der Waals surface area contributed by atoms with Gasteiger partial charge in [0.1, 0.15) is 0 Å². The van der Waals surface area contributed by atoms with E-state index in [-0.39, 0.29) is 5.41 Å². The van der Waals surface area contributed by atoms with Gasteiger partial charge < -0.3 is 4.90 Å². The highest BCUT2D eigenvalue weighted by Gasteiger charge is 2.38. The second-order valence-corrected chi connectivity index (χ2v) is 12.0. The quantitative estimate of drug-likeness (QED) is 0.406. The maximum absolute atomic E-state index is 13.8. The molecule has 37 heavy (non-hydrogen) atoms. The lowest BCUT2D eigenvalue weighted by molar-refractivity contribution is -0.134. The highest BCUT2D eigenvalue weighted by molar-refractivity contribution is 7.17. The van der Waals surface area contributed by atoms with Gasteiger partial charge in [-0.15, -0.1) is 11.3 Å². The molecule has 1 atom stereocenters. The van der Waals surface area contributed by atoms with E-state index in [1.165, 1.54) is 26.8 Å². The van der Waals surface area contributed by atoms with Crippen LogP contribution in [0.2, 0.25) is 0 Å². The Kier molecular flexibility index (Phi) is 6.72. The van der Waals surface area contributed by atoms with Crippen LogP contribution < -0.4 is 0 Å². The van der Waals surface area contributed by atoms with Crippen LogP contribution in [0.1, 0.15) is 55.8 Å². The van der Waals surface area contributed by atoms with Gasteiger partial charge >= 0.3 is 0 Å². The number of aliphatic imine (C=N–C) groups is 1. The molecule has 5 heterocycles. The fraction of sp³-hybridized carbons (Fsp3) is 0.452. The summed E-state index contributed by atoms with van der Waals surface area (Å²) in [6.45, 7) is 9.68. The molecule has 1 fully saturated rings. The van der Waals surface area contributed by atoms with Gasteiger partial charge in [0.05, 0.1) is 12.3 Å². The first-order valence-electron chi connectivity index (χ1n) is 13.7. The van der Waals surface area contributed by atoms with Crippen molar-refractivity contribution in [3.63, 3.8) is 0 Å². The highest BCUT2D eigenvalue weighted by Crippen LogP contribution is 2.39. The summed E-state index contributed by atoms with van der Waals surface area (Å²) < 4.78 is 1.36. The summed E-state index contributed by atoms with van der Waals surface area (Å²) in [6, 6.07) is 12.9. The number of thiophene rings is 1. The van der Waals surface area contributed by atoms with Gasteiger partial charge in [0.15, 0.2) is 0 Å². The molecule has 6 rings (SSSR count). The molecule has 3 aromatic rings. The molecule has 0 radical (unpaired) electrons. The number of aryl methyl sites for hydroxylation is 1. The van der Waals surface area contributed by atoms with Crippen molar-refractivity contribution in [1.29, 1.82) is 0 Å². The van der Waals surface area contributed by atoms with Gasteiger partial charge in [-0.25, -0.2) is 0 Å². The van der Waals surface area contributed by atoms with Gasteiger partial charge in [0, 0.05) is 54.8 Å². The molecular weight excluding hydrogens is 476 g/mol. The molecule has 2 aromatic heterocycles. The molecule has 3 aliphatic rings. The number of amides is 1. The standard InChI is InChI=1S/C31H36N4OS/c1-3-31(11-6-13-34(21-31)18-25-20-37-28-8-5-4-7-26(25)28)16-29(36)35-14-10-24-17-33-30(27(24)19-35)23-9-12-32-22(2)15-23/h4-5,7-9,12,15,20H,3,6,10-11,13-14,16-19,21H2,1-2H3. The number of benzene rings is 1. The van der Waals surface area contributed by atoms with E-state index in [1.54, 1.807) is 0 Å². The number of carbonyl (C=O) groups is 1. The van der Waals surface area contributed by atoms with Gasteiger partial charge in [0.25, 0.3) is 0 Å². The van der Waals surface area contributed by atoms with Crippen LogP contribution in [0.15, 0.2) is 64.1 Å². The zero-order valence-electron chi connectivity index (χ0n) is 22.0. The number of likely N-dealkylation sites (tertiary alicyclic amines) is 1. The summed E-state index contributed by atoms with van der Waals surface area (Å²) in [6.07, 6.45) is 6.79. The van der Waals surface area contributed by atoms with E-state index in [1.807, 2.05) is 30.5 Å². The molecule has 1 amide bonds. The average Bonchev–Trinajstić information content (AvgIpc) is 3.53. The van der Waals surface area contributed by atoms with E-state index in [0.717, 1.165) is 75.4 Å². The smallest absolute Gasteiger partial charge is 0.223 e. The zero-order valence-corrected chi connectivity index (χ0v) is 22.8. The van der Waals surface area contributed by atoms with Crippen molar-refractivity contribution in [1.82, 2.24) is 14.8 Å². The van der Waals surface area contributed by atoms with Crippen molar-refractivity contribution in [2.45, 2.75) is 52.5 Å². The highest BCUT2D eigenvalue weighted by atomic mass is 32.1. The lowest BCUT2D eigenvalue weighted by Gasteiger charge is -2.43. The monoisotopic (exact) mass is 512 g/mol. The molecule has 0 aliphatic carbocycles. The number of hydrogen-bond donors (Lipinski definition) is 0. The van der Waals surface area contributed by atoms with Gasteiger partial charge in [0.2, 0.25) is 5.91 Å². The molecule has 1 unspecified atom stereocenters. The van der Waals surface area contributed by atoms with Gasteiger partial charge in [-0.1, -0.05) is 25.1 Å². The Labute approximate surface area is 223 Å². The predicted molar refractivity (Wildman–Crippen MR) is 152 cm³/mol. The van der Waals surface area contributed by atoms with Gasteiger partial charge in [-0.2, -0.15) is 0 Å². The molecule has 0 N–H and O–H groups in total. The molecule has 192 valence electrons. The summed E-state index contributed by atoms with van der Waals surface area (Å²) in [4.78, 5) is 27.7. The van der Waals surface area contributed by atoms with Crippen LogP contribution in [0, 0.1) is 12.3 Å². The van der Waals surface area contributed by atoms with Crippen LogP contribution >= 0.6 is 11.3 Å². The summed E-state index contributed by atoms with van der Waals surface area (Å²) in [7, 11) is 0. The van der Waals surface area contributed by atoms with Crippen molar-refractivity contribution >= 4 is 33.0 Å². The number of hydrogen-bond acceptors (Lipinski definition) is 5. The van der Waals surface area contributed by atoms with E-state index in [0.29, 0.717) is 18.9 Å². The SMILES string of the molecule is CCC1(CC(=O)N2CCC3=C(C2)C(c2ccnc(C)c2)=NC3)CCCN(Cc2csc3ccccc23)C1. The van der Waals surface area contributed by atoms with Crippen molar-refractivity contribution in [3.05, 3.63) is 75.9 Å². The molecular formula is C31H36N4OS. The van der Waals surface area contributed by atoms with Crippen LogP contribution in [0.25, 0.3) is 10.1 Å². The Balaban J connectivity index is 1.14. The Morgan fingerprint density at radius 3 is 2.95 bits per heavy atom. The predicted octanol–water partition coefficient (Wildman–Crippen LogP) is 6.02. The fourth-order valence-electron chi connectivity index (χ4n) is 6.49. The number of piperidine rings is 1. The summed E-state index contributed by atoms with van der Waals surface area (Å²) in [5.41, 5.74) is 7.35. The topological polar surface area (TPSA) is 48.8 Å². The van der Waals surface area contributed by atoms with Gasteiger partial charge in [-0.05, 0) is 90.2 Å². The van der Waals surface area contributed by atoms with Crippen molar-refractivity contribution in [3.8, 4) is 0 Å². The van der Waals surface area contributed by atoms with Crippen LogP contribution in [0.5, 0.6) is 0 Å². The first kappa shape index (κ1) is 24.5. The number of aromatic nitrogens is 1. The van der Waals surface area contributed by atoms with Crippen LogP contribution in [0.4, 0.5) is 0 Å². The molecule has 0 saturated carbocycles. The summed E-state index contributed by atoms with van der Waals surface area (Å²) in [5, 5.41) is 3.70. The number of nitrogens with zero attached hydrogens (tertiary/aromatic N) is 4. The van der Waals surface area contributed by atoms with E-state index in [2.05, 4.69) is 57.4 Å². The number of carbonyl (C=O) groups excluding carboxylic acids is 1. The Morgan fingerprint density at radius 1 is 1.19 bits per heavy atom. The third kappa shape index (κ3) is 4.89. The fourth-order valence-corrected chi connectivity index (χ4v) is 7.45.